The van der Waals surface area contributed by atoms with Gasteiger partial charge in [0.1, 0.15) is 0 Å². The predicted molar refractivity (Wildman–Crippen MR) is 127 cm³/mol. The van der Waals surface area contributed by atoms with Gasteiger partial charge >= 0.3 is 0 Å². The maximum atomic E-state index is 12.3. The van der Waals surface area contributed by atoms with E-state index in [2.05, 4.69) is 21.6 Å². The highest BCUT2D eigenvalue weighted by molar-refractivity contribution is 8.00. The number of rotatable bonds is 6. The Kier molecular flexibility index (Phi) is 6.69. The molecule has 3 aromatic carbocycles. The average molecular weight is 472 g/mol. The number of nitrogens with zero attached hydrogens (tertiary/aromatic N) is 2. The van der Waals surface area contributed by atoms with Gasteiger partial charge in [-0.15, -0.1) is 11.3 Å². The second kappa shape index (κ2) is 9.62. The summed E-state index contributed by atoms with van der Waals surface area (Å²) in [4.78, 5) is 16.9. The van der Waals surface area contributed by atoms with Crippen LogP contribution in [0.3, 0.4) is 0 Å². The summed E-state index contributed by atoms with van der Waals surface area (Å²) < 4.78 is 2.22. The quantitative estimate of drug-likeness (QED) is 0.194. The number of fused-ring (bicyclic) bond motifs is 1. The number of carbonyl (C=O) groups excluding carboxylic acids is 1. The lowest BCUT2D eigenvalue weighted by Gasteiger charge is -2.03. The van der Waals surface area contributed by atoms with Crippen molar-refractivity contribution < 1.29 is 4.79 Å². The highest BCUT2D eigenvalue weighted by Crippen LogP contribution is 2.31. The lowest BCUT2D eigenvalue weighted by atomic mass is 10.1. The van der Waals surface area contributed by atoms with Gasteiger partial charge in [0, 0.05) is 21.9 Å². The first-order chi connectivity index (χ1) is 14.6. The van der Waals surface area contributed by atoms with E-state index in [1.54, 1.807) is 53.4 Å². The van der Waals surface area contributed by atoms with Crippen molar-refractivity contribution >= 4 is 68.6 Å². The van der Waals surface area contributed by atoms with Gasteiger partial charge in [-0.05, 0) is 42.0 Å². The molecular formula is C22H15Cl2N3OS2. The number of carbonyl (C=O) groups is 1. The van der Waals surface area contributed by atoms with Crippen LogP contribution in [0.4, 0.5) is 0 Å². The van der Waals surface area contributed by atoms with E-state index >= 15 is 0 Å². The summed E-state index contributed by atoms with van der Waals surface area (Å²) in [7, 11) is 0. The molecule has 0 saturated heterocycles. The van der Waals surface area contributed by atoms with Gasteiger partial charge in [0.25, 0.3) is 5.91 Å². The molecule has 0 unspecified atom stereocenters. The summed E-state index contributed by atoms with van der Waals surface area (Å²) in [6.45, 7) is 0. The second-order valence-electron chi connectivity index (χ2n) is 6.30. The molecule has 0 radical (unpaired) electrons. The van der Waals surface area contributed by atoms with Crippen molar-refractivity contribution in [2.45, 2.75) is 10.1 Å². The van der Waals surface area contributed by atoms with Crippen LogP contribution in [-0.2, 0) is 5.75 Å². The Balaban J connectivity index is 1.33. The summed E-state index contributed by atoms with van der Waals surface area (Å²) in [5.41, 5.74) is 5.85. The minimum atomic E-state index is -0.290. The molecule has 150 valence electrons. The molecule has 0 aliphatic carbocycles. The molecule has 1 heterocycles. The van der Waals surface area contributed by atoms with Crippen LogP contribution >= 0.6 is 46.3 Å². The van der Waals surface area contributed by atoms with Crippen molar-refractivity contribution in [1.82, 2.24) is 10.4 Å². The third-order valence-corrected chi connectivity index (χ3v) is 7.00. The molecular weight excluding hydrogens is 457 g/mol. The Bertz CT molecular complexity index is 1190. The molecule has 4 aromatic rings. The van der Waals surface area contributed by atoms with Crippen LogP contribution in [-0.4, -0.2) is 17.1 Å². The topological polar surface area (TPSA) is 54.4 Å². The molecule has 4 nitrogen and oxygen atoms in total. The molecule has 0 saturated carbocycles. The summed E-state index contributed by atoms with van der Waals surface area (Å²) >= 11 is 15.3. The van der Waals surface area contributed by atoms with E-state index in [1.807, 2.05) is 30.3 Å². The van der Waals surface area contributed by atoms with Crippen molar-refractivity contribution in [1.29, 1.82) is 0 Å². The molecule has 0 aliphatic heterocycles. The Morgan fingerprint density at radius 3 is 2.67 bits per heavy atom. The number of aromatic nitrogens is 1. The van der Waals surface area contributed by atoms with Crippen LogP contribution in [0.25, 0.3) is 10.2 Å². The first-order valence-electron chi connectivity index (χ1n) is 8.94. The number of hydrazone groups is 1. The van der Waals surface area contributed by atoms with Crippen LogP contribution in [0.2, 0.25) is 10.0 Å². The number of para-hydroxylation sites is 1. The van der Waals surface area contributed by atoms with Gasteiger partial charge in [-0.2, -0.15) is 5.10 Å². The lowest BCUT2D eigenvalue weighted by Crippen LogP contribution is -2.17. The van der Waals surface area contributed by atoms with Crippen molar-refractivity contribution in [3.63, 3.8) is 0 Å². The number of hydrogen-bond donors (Lipinski definition) is 1. The largest absolute Gasteiger partial charge is 0.271 e. The van der Waals surface area contributed by atoms with Crippen molar-refractivity contribution in [2.75, 3.05) is 0 Å². The number of thiazole rings is 1. The fourth-order valence-electron chi connectivity index (χ4n) is 2.64. The van der Waals surface area contributed by atoms with Crippen molar-refractivity contribution in [2.24, 2.45) is 5.10 Å². The monoisotopic (exact) mass is 471 g/mol. The molecule has 0 spiro atoms. The third-order valence-electron chi connectivity index (χ3n) is 4.18. The standard InChI is InChI=1S/C22H15Cl2N3OS2/c23-17-10-9-16(18(24)11-17)12-25-27-21(28)15-7-5-14(6-8-15)13-29-22-26-19-3-1-2-4-20(19)30-22/h1-12H,13H2,(H,27,28)/b25-12-. The lowest BCUT2D eigenvalue weighted by molar-refractivity contribution is 0.0955. The Hall–Kier alpha value is -2.38. The van der Waals surface area contributed by atoms with Gasteiger partial charge in [0.2, 0.25) is 0 Å². The summed E-state index contributed by atoms with van der Waals surface area (Å²) in [5.74, 6) is 0.497. The second-order valence-corrected chi connectivity index (χ2v) is 9.39. The van der Waals surface area contributed by atoms with E-state index in [9.17, 15) is 4.79 Å². The number of nitrogens with one attached hydrogen (secondary N) is 1. The van der Waals surface area contributed by atoms with Crippen LogP contribution in [0, 0.1) is 0 Å². The molecule has 1 aromatic heterocycles. The molecule has 0 bridgehead atoms. The van der Waals surface area contributed by atoms with E-state index < -0.39 is 0 Å². The SMILES string of the molecule is O=C(N/N=C\c1ccc(Cl)cc1Cl)c1ccc(CSc2nc3ccccc3s2)cc1. The zero-order valence-electron chi connectivity index (χ0n) is 15.5. The van der Waals surface area contributed by atoms with E-state index in [4.69, 9.17) is 23.2 Å². The van der Waals surface area contributed by atoms with Crippen molar-refractivity contribution in [3.05, 3.63) is 93.5 Å². The van der Waals surface area contributed by atoms with Gasteiger partial charge in [0.05, 0.1) is 21.5 Å². The summed E-state index contributed by atoms with van der Waals surface area (Å²) in [6.07, 6.45) is 1.49. The molecule has 1 N–H and O–H groups in total. The molecule has 0 aliphatic rings. The number of benzene rings is 3. The minimum absolute atomic E-state index is 0.290. The highest BCUT2D eigenvalue weighted by Gasteiger charge is 2.07. The maximum absolute atomic E-state index is 12.3. The molecule has 0 fully saturated rings. The van der Waals surface area contributed by atoms with E-state index in [-0.39, 0.29) is 5.91 Å². The first kappa shape index (κ1) is 20.9. The van der Waals surface area contributed by atoms with Gasteiger partial charge in [0.15, 0.2) is 4.34 Å². The van der Waals surface area contributed by atoms with Gasteiger partial charge in [-0.25, -0.2) is 10.4 Å². The minimum Gasteiger partial charge on any atom is -0.267 e. The van der Waals surface area contributed by atoms with Gasteiger partial charge in [-0.1, -0.05) is 65.3 Å². The highest BCUT2D eigenvalue weighted by atomic mass is 35.5. The van der Waals surface area contributed by atoms with Crippen LogP contribution in [0.1, 0.15) is 21.5 Å². The summed E-state index contributed by atoms with van der Waals surface area (Å²) in [5, 5.41) is 4.98. The average Bonchev–Trinajstić information content (AvgIpc) is 3.17. The number of halogens is 2. The molecule has 4 rings (SSSR count). The Morgan fingerprint density at radius 1 is 1.10 bits per heavy atom. The van der Waals surface area contributed by atoms with Crippen LogP contribution in [0.5, 0.6) is 0 Å². The predicted octanol–water partition coefficient (Wildman–Crippen LogP) is 6.66. The third kappa shape index (κ3) is 5.21. The zero-order valence-corrected chi connectivity index (χ0v) is 18.7. The maximum Gasteiger partial charge on any atom is 0.271 e. The molecule has 1 amide bonds. The normalized spacial score (nSPS) is 11.3. The number of hydrogen-bond acceptors (Lipinski definition) is 5. The number of thioether (sulfide) groups is 1. The smallest absolute Gasteiger partial charge is 0.267 e. The van der Waals surface area contributed by atoms with Gasteiger partial charge in [-0.3, -0.25) is 4.79 Å². The first-order valence-corrected chi connectivity index (χ1v) is 11.5. The van der Waals surface area contributed by atoms with E-state index in [1.165, 1.54) is 10.9 Å². The molecule has 0 atom stereocenters. The summed E-state index contributed by atoms with van der Waals surface area (Å²) in [6, 6.07) is 20.6. The van der Waals surface area contributed by atoms with Crippen LogP contribution in [0.15, 0.2) is 76.2 Å². The van der Waals surface area contributed by atoms with E-state index in [0.717, 1.165) is 21.2 Å². The fraction of sp³-hybridized carbons (Fsp3) is 0.0455. The molecule has 30 heavy (non-hydrogen) atoms. The van der Waals surface area contributed by atoms with Crippen LogP contribution < -0.4 is 5.43 Å². The number of amides is 1. The Morgan fingerprint density at radius 2 is 1.90 bits per heavy atom. The fourth-order valence-corrected chi connectivity index (χ4v) is 5.12. The molecule has 8 heteroatoms. The zero-order chi connectivity index (χ0) is 20.9. The van der Waals surface area contributed by atoms with Crippen molar-refractivity contribution in [3.8, 4) is 0 Å². The van der Waals surface area contributed by atoms with Gasteiger partial charge < -0.3 is 0 Å². The van der Waals surface area contributed by atoms with E-state index in [0.29, 0.717) is 21.2 Å². The Labute approximate surface area is 191 Å².